The number of aromatic nitrogens is 2. The second-order valence-corrected chi connectivity index (χ2v) is 6.77. The molecule has 2 heterocycles. The summed E-state index contributed by atoms with van der Waals surface area (Å²) in [5.74, 6) is 0.862. The Morgan fingerprint density at radius 2 is 1.93 bits per heavy atom. The van der Waals surface area contributed by atoms with Crippen molar-refractivity contribution in [3.05, 3.63) is 59.7 Å². The number of nitrogens with one attached hydrogen (secondary N) is 1. The van der Waals surface area contributed by atoms with Gasteiger partial charge in [0.2, 0.25) is 5.95 Å². The first kappa shape index (κ1) is 17.5. The number of morpholine rings is 1. The minimum absolute atomic E-state index is 0.0635. The molecule has 6 nitrogen and oxygen atoms in total. The number of hydrogen-bond acceptors (Lipinski definition) is 4. The summed E-state index contributed by atoms with van der Waals surface area (Å²) in [7, 11) is 2.01. The Bertz CT molecular complexity index is 930. The van der Waals surface area contributed by atoms with E-state index in [2.05, 4.69) is 26.9 Å². The molecule has 0 saturated carbocycles. The number of carbonyl (C=O) groups is 1. The van der Waals surface area contributed by atoms with Crippen LogP contribution >= 0.6 is 0 Å². The van der Waals surface area contributed by atoms with Gasteiger partial charge in [0, 0.05) is 32.2 Å². The van der Waals surface area contributed by atoms with Crippen LogP contribution in [-0.2, 0) is 18.2 Å². The summed E-state index contributed by atoms with van der Waals surface area (Å²) < 4.78 is 7.50. The summed E-state index contributed by atoms with van der Waals surface area (Å²) in [5, 5.41) is 3.00. The Balaban J connectivity index is 1.46. The predicted octanol–water partition coefficient (Wildman–Crippen LogP) is 2.38. The number of nitrogens with zero attached hydrogens (tertiary/aromatic N) is 3. The Morgan fingerprint density at radius 3 is 2.70 bits per heavy atom. The first-order valence-corrected chi connectivity index (χ1v) is 9.34. The molecule has 0 atom stereocenters. The first-order chi connectivity index (χ1) is 13.2. The standard InChI is InChI=1S/C21H24N4O2/c1-24-19-8-7-17(20(26)22-10-9-16-5-3-2-4-6-16)15-18(19)23-21(24)25-11-13-27-14-12-25/h2-8,15H,9-14H2,1H3,(H,22,26). The molecule has 0 unspecified atom stereocenters. The molecule has 27 heavy (non-hydrogen) atoms. The van der Waals surface area contributed by atoms with Gasteiger partial charge in [-0.05, 0) is 30.2 Å². The fourth-order valence-corrected chi connectivity index (χ4v) is 3.44. The lowest BCUT2D eigenvalue weighted by atomic mass is 10.1. The Labute approximate surface area is 158 Å². The number of imidazole rings is 1. The molecular weight excluding hydrogens is 340 g/mol. The van der Waals surface area contributed by atoms with E-state index in [0.29, 0.717) is 12.1 Å². The van der Waals surface area contributed by atoms with Gasteiger partial charge in [0.1, 0.15) is 0 Å². The number of rotatable bonds is 5. The van der Waals surface area contributed by atoms with Gasteiger partial charge in [0.05, 0.1) is 24.2 Å². The van der Waals surface area contributed by atoms with Crippen LogP contribution in [0.3, 0.4) is 0 Å². The minimum Gasteiger partial charge on any atom is -0.378 e. The van der Waals surface area contributed by atoms with Crippen LogP contribution in [0.2, 0.25) is 0 Å². The average molecular weight is 364 g/mol. The van der Waals surface area contributed by atoms with Crippen LogP contribution in [0.5, 0.6) is 0 Å². The maximum atomic E-state index is 12.5. The molecule has 1 aliphatic heterocycles. The molecule has 1 amide bonds. The van der Waals surface area contributed by atoms with Crippen molar-refractivity contribution in [3.63, 3.8) is 0 Å². The zero-order chi connectivity index (χ0) is 18.6. The summed E-state index contributed by atoms with van der Waals surface area (Å²) >= 11 is 0. The quantitative estimate of drug-likeness (QED) is 0.755. The van der Waals surface area contributed by atoms with Gasteiger partial charge in [-0.2, -0.15) is 0 Å². The molecule has 2 aromatic carbocycles. The SMILES string of the molecule is Cn1c(N2CCOCC2)nc2cc(C(=O)NCCc3ccccc3)ccc21. The number of aryl methyl sites for hydroxylation is 1. The van der Waals surface area contributed by atoms with E-state index < -0.39 is 0 Å². The van der Waals surface area contributed by atoms with E-state index in [4.69, 9.17) is 9.72 Å². The van der Waals surface area contributed by atoms with Crippen molar-refractivity contribution < 1.29 is 9.53 Å². The summed E-state index contributed by atoms with van der Waals surface area (Å²) in [5.41, 5.74) is 3.72. The largest absolute Gasteiger partial charge is 0.378 e. The van der Waals surface area contributed by atoms with Crippen LogP contribution in [0.1, 0.15) is 15.9 Å². The van der Waals surface area contributed by atoms with Crippen molar-refractivity contribution in [2.75, 3.05) is 37.7 Å². The molecule has 1 fully saturated rings. The van der Waals surface area contributed by atoms with E-state index in [1.54, 1.807) is 0 Å². The van der Waals surface area contributed by atoms with E-state index >= 15 is 0 Å². The highest BCUT2D eigenvalue weighted by Gasteiger charge is 2.18. The fourth-order valence-electron chi connectivity index (χ4n) is 3.44. The number of ether oxygens (including phenoxy) is 1. The van der Waals surface area contributed by atoms with Gasteiger partial charge >= 0.3 is 0 Å². The number of fused-ring (bicyclic) bond motifs is 1. The van der Waals surface area contributed by atoms with Crippen molar-refractivity contribution in [2.24, 2.45) is 7.05 Å². The highest BCUT2D eigenvalue weighted by Crippen LogP contribution is 2.23. The van der Waals surface area contributed by atoms with Gasteiger partial charge in [-0.3, -0.25) is 4.79 Å². The lowest BCUT2D eigenvalue weighted by Crippen LogP contribution is -2.37. The molecule has 1 aromatic heterocycles. The Kier molecular flexibility index (Phi) is 5.07. The van der Waals surface area contributed by atoms with E-state index in [0.717, 1.165) is 49.7 Å². The third-order valence-electron chi connectivity index (χ3n) is 4.96. The zero-order valence-corrected chi connectivity index (χ0v) is 15.5. The van der Waals surface area contributed by atoms with E-state index in [1.165, 1.54) is 5.56 Å². The summed E-state index contributed by atoms with van der Waals surface area (Å²) in [6.07, 6.45) is 0.819. The molecule has 1 aliphatic rings. The second kappa shape index (κ2) is 7.80. The fraction of sp³-hybridized carbons (Fsp3) is 0.333. The molecule has 140 valence electrons. The van der Waals surface area contributed by atoms with Crippen LogP contribution in [-0.4, -0.2) is 48.3 Å². The number of carbonyl (C=O) groups excluding carboxylic acids is 1. The van der Waals surface area contributed by atoms with Crippen molar-refractivity contribution in [3.8, 4) is 0 Å². The zero-order valence-electron chi connectivity index (χ0n) is 15.5. The molecule has 0 radical (unpaired) electrons. The third-order valence-corrected chi connectivity index (χ3v) is 4.96. The lowest BCUT2D eigenvalue weighted by molar-refractivity contribution is 0.0954. The van der Waals surface area contributed by atoms with Crippen molar-refractivity contribution in [1.82, 2.24) is 14.9 Å². The number of amides is 1. The first-order valence-electron chi connectivity index (χ1n) is 9.34. The molecule has 3 aromatic rings. The number of anilines is 1. The molecule has 4 rings (SSSR count). The van der Waals surface area contributed by atoms with Gasteiger partial charge in [-0.25, -0.2) is 4.98 Å². The molecule has 0 spiro atoms. The van der Waals surface area contributed by atoms with E-state index in [-0.39, 0.29) is 5.91 Å². The van der Waals surface area contributed by atoms with Crippen LogP contribution < -0.4 is 10.2 Å². The van der Waals surface area contributed by atoms with Gasteiger partial charge in [-0.15, -0.1) is 0 Å². The maximum Gasteiger partial charge on any atom is 0.251 e. The molecule has 0 bridgehead atoms. The van der Waals surface area contributed by atoms with Crippen LogP contribution in [0.4, 0.5) is 5.95 Å². The van der Waals surface area contributed by atoms with Crippen LogP contribution in [0.25, 0.3) is 11.0 Å². The molecule has 1 N–H and O–H groups in total. The highest BCUT2D eigenvalue weighted by atomic mass is 16.5. The molecular formula is C21H24N4O2. The average Bonchev–Trinajstić information content (AvgIpc) is 3.05. The summed E-state index contributed by atoms with van der Waals surface area (Å²) in [6, 6.07) is 15.9. The maximum absolute atomic E-state index is 12.5. The van der Waals surface area contributed by atoms with E-state index in [9.17, 15) is 4.79 Å². The summed E-state index contributed by atoms with van der Waals surface area (Å²) in [6.45, 7) is 3.73. The number of benzene rings is 2. The number of hydrogen-bond donors (Lipinski definition) is 1. The molecule has 6 heteroatoms. The van der Waals surface area contributed by atoms with Gasteiger partial charge in [0.25, 0.3) is 5.91 Å². The van der Waals surface area contributed by atoms with Crippen LogP contribution in [0, 0.1) is 0 Å². The smallest absolute Gasteiger partial charge is 0.251 e. The van der Waals surface area contributed by atoms with E-state index in [1.807, 2.05) is 43.4 Å². The Morgan fingerprint density at radius 1 is 1.15 bits per heavy atom. The van der Waals surface area contributed by atoms with Gasteiger partial charge in [0.15, 0.2) is 0 Å². The third kappa shape index (κ3) is 3.80. The minimum atomic E-state index is -0.0635. The van der Waals surface area contributed by atoms with Gasteiger partial charge < -0.3 is 19.5 Å². The highest BCUT2D eigenvalue weighted by molar-refractivity contribution is 5.97. The van der Waals surface area contributed by atoms with Crippen molar-refractivity contribution in [1.29, 1.82) is 0 Å². The predicted molar refractivity (Wildman–Crippen MR) is 106 cm³/mol. The lowest BCUT2D eigenvalue weighted by Gasteiger charge is -2.27. The van der Waals surface area contributed by atoms with Crippen molar-refractivity contribution >= 4 is 22.9 Å². The molecule has 0 aliphatic carbocycles. The topological polar surface area (TPSA) is 59.4 Å². The van der Waals surface area contributed by atoms with Gasteiger partial charge in [-0.1, -0.05) is 30.3 Å². The van der Waals surface area contributed by atoms with Crippen LogP contribution in [0.15, 0.2) is 48.5 Å². The monoisotopic (exact) mass is 364 g/mol. The van der Waals surface area contributed by atoms with Crippen molar-refractivity contribution in [2.45, 2.75) is 6.42 Å². The second-order valence-electron chi connectivity index (χ2n) is 6.77. The normalized spacial score (nSPS) is 14.5. The molecule has 1 saturated heterocycles. The Hall–Kier alpha value is -2.86. The summed E-state index contributed by atoms with van der Waals surface area (Å²) in [4.78, 5) is 19.5.